The molecule has 0 heterocycles. The zero-order valence-electron chi connectivity index (χ0n) is 11.1. The molecule has 0 aromatic heterocycles. The fourth-order valence-corrected chi connectivity index (χ4v) is 2.17. The number of aliphatic hydroxyl groups is 1. The molecule has 4 N–H and O–H groups in total. The number of nitrogens with one attached hydrogen (secondary N) is 1. The Morgan fingerprint density at radius 3 is 2.05 bits per heavy atom. The first-order valence-electron chi connectivity index (χ1n) is 6.38. The molecule has 0 saturated heterocycles. The third-order valence-corrected chi connectivity index (χ3v) is 4.08. The predicted molar refractivity (Wildman–Crippen MR) is 64.4 cm³/mol. The van der Waals surface area contributed by atoms with Crippen LogP contribution in [-0.4, -0.2) is 34.0 Å². The smallest absolute Gasteiger partial charge is 0.352 e. The quantitative estimate of drug-likeness (QED) is 0.667. The van der Waals surface area contributed by atoms with Crippen molar-refractivity contribution in [1.82, 2.24) is 5.32 Å². The second-order valence-corrected chi connectivity index (χ2v) is 5.07. The van der Waals surface area contributed by atoms with Gasteiger partial charge < -0.3 is 16.2 Å². The van der Waals surface area contributed by atoms with Crippen molar-refractivity contribution in [3.8, 4) is 0 Å². The van der Waals surface area contributed by atoms with Crippen LogP contribution in [0.3, 0.4) is 0 Å². The van der Waals surface area contributed by atoms with Crippen LogP contribution in [0.5, 0.6) is 0 Å². The van der Waals surface area contributed by atoms with Crippen LogP contribution in [0, 0.1) is 0 Å². The second kappa shape index (κ2) is 5.03. The van der Waals surface area contributed by atoms with Gasteiger partial charge in [-0.1, -0.05) is 13.8 Å². The summed E-state index contributed by atoms with van der Waals surface area (Å²) in [6, 6.07) is 0. The minimum Gasteiger partial charge on any atom is -0.383 e. The number of alkyl halides is 2. The van der Waals surface area contributed by atoms with Gasteiger partial charge in [-0.2, -0.15) is 8.78 Å². The number of carbonyl (C=O) groups is 2. The van der Waals surface area contributed by atoms with E-state index >= 15 is 0 Å². The van der Waals surface area contributed by atoms with Crippen molar-refractivity contribution in [2.24, 2.45) is 5.73 Å². The molecule has 1 aliphatic carbocycles. The van der Waals surface area contributed by atoms with Crippen LogP contribution in [0.25, 0.3) is 0 Å². The predicted octanol–water partition coefficient (Wildman–Crippen LogP) is 0.697. The van der Waals surface area contributed by atoms with Crippen molar-refractivity contribution >= 4 is 11.8 Å². The highest BCUT2D eigenvalue weighted by Gasteiger charge is 2.62. The van der Waals surface area contributed by atoms with Crippen molar-refractivity contribution < 1.29 is 23.5 Å². The Morgan fingerprint density at radius 1 is 1.32 bits per heavy atom. The molecule has 5 nitrogen and oxygen atoms in total. The SMILES string of the molecule is CCC(CC)(NC(=O)C(F)(F)C1(O)CCC1)C(N)=O. The summed E-state index contributed by atoms with van der Waals surface area (Å²) in [5.74, 6) is -6.42. The number of amides is 2. The van der Waals surface area contributed by atoms with Crippen LogP contribution in [0.1, 0.15) is 46.0 Å². The van der Waals surface area contributed by atoms with E-state index in [1.807, 2.05) is 5.32 Å². The second-order valence-electron chi connectivity index (χ2n) is 5.07. The molecule has 0 aromatic rings. The number of carbonyl (C=O) groups excluding carboxylic acids is 2. The maximum absolute atomic E-state index is 13.9. The van der Waals surface area contributed by atoms with E-state index in [0.29, 0.717) is 6.42 Å². The Bertz CT molecular complexity index is 377. The molecule has 0 spiro atoms. The molecule has 19 heavy (non-hydrogen) atoms. The van der Waals surface area contributed by atoms with E-state index < -0.39 is 28.9 Å². The topological polar surface area (TPSA) is 92.4 Å². The van der Waals surface area contributed by atoms with E-state index in [1.165, 1.54) is 0 Å². The molecular formula is C12H20F2N2O3. The number of hydrogen-bond acceptors (Lipinski definition) is 3. The van der Waals surface area contributed by atoms with Crippen molar-refractivity contribution in [2.75, 3.05) is 0 Å². The first kappa shape index (κ1) is 15.8. The standard InChI is InChI=1S/C12H20F2N2O3/c1-3-10(4-2,8(15)17)16-9(18)12(13,14)11(19)6-5-7-11/h19H,3-7H2,1-2H3,(H2,15,17)(H,16,18). The Morgan fingerprint density at radius 2 is 1.79 bits per heavy atom. The van der Waals surface area contributed by atoms with Crippen molar-refractivity contribution in [1.29, 1.82) is 0 Å². The van der Waals surface area contributed by atoms with Gasteiger partial charge in [0, 0.05) is 0 Å². The molecule has 1 saturated carbocycles. The average molecular weight is 278 g/mol. The van der Waals surface area contributed by atoms with E-state index in [1.54, 1.807) is 13.8 Å². The van der Waals surface area contributed by atoms with E-state index in [0.717, 1.165) is 0 Å². The van der Waals surface area contributed by atoms with Crippen LogP contribution in [0.2, 0.25) is 0 Å². The van der Waals surface area contributed by atoms with E-state index in [9.17, 15) is 23.5 Å². The van der Waals surface area contributed by atoms with Crippen LogP contribution >= 0.6 is 0 Å². The third-order valence-electron chi connectivity index (χ3n) is 4.08. The summed E-state index contributed by atoms with van der Waals surface area (Å²) in [6.07, 6.45) is 0.407. The van der Waals surface area contributed by atoms with Gasteiger partial charge in [0.1, 0.15) is 11.1 Å². The lowest BCUT2D eigenvalue weighted by molar-refractivity contribution is -0.217. The number of hydrogen-bond donors (Lipinski definition) is 3. The first-order valence-corrected chi connectivity index (χ1v) is 6.38. The molecule has 0 bridgehead atoms. The van der Waals surface area contributed by atoms with E-state index in [-0.39, 0.29) is 25.7 Å². The van der Waals surface area contributed by atoms with Gasteiger partial charge in [0.25, 0.3) is 5.91 Å². The highest BCUT2D eigenvalue weighted by atomic mass is 19.3. The summed E-state index contributed by atoms with van der Waals surface area (Å²) >= 11 is 0. The van der Waals surface area contributed by atoms with Crippen LogP contribution in [0.15, 0.2) is 0 Å². The summed E-state index contributed by atoms with van der Waals surface area (Å²) in [6.45, 7) is 3.15. The molecular weight excluding hydrogens is 258 g/mol. The normalized spacial score (nSPS) is 18.6. The van der Waals surface area contributed by atoms with Gasteiger partial charge >= 0.3 is 5.92 Å². The van der Waals surface area contributed by atoms with Gasteiger partial charge in [0.15, 0.2) is 0 Å². The van der Waals surface area contributed by atoms with Gasteiger partial charge in [0.05, 0.1) is 0 Å². The summed E-state index contributed by atoms with van der Waals surface area (Å²) in [7, 11) is 0. The van der Waals surface area contributed by atoms with Crippen LogP contribution < -0.4 is 11.1 Å². The molecule has 2 amide bonds. The number of halogens is 2. The maximum Gasteiger partial charge on any atom is 0.352 e. The van der Waals surface area contributed by atoms with Crippen molar-refractivity contribution in [3.63, 3.8) is 0 Å². The average Bonchev–Trinajstić information content (AvgIpc) is 2.32. The Hall–Kier alpha value is -1.24. The Balaban J connectivity index is 2.91. The molecule has 1 rings (SSSR count). The van der Waals surface area contributed by atoms with Gasteiger partial charge in [-0.3, -0.25) is 9.59 Å². The molecule has 1 aliphatic rings. The largest absolute Gasteiger partial charge is 0.383 e. The van der Waals surface area contributed by atoms with E-state index in [4.69, 9.17) is 5.73 Å². The molecule has 7 heteroatoms. The number of rotatable bonds is 6. The zero-order chi connectivity index (χ0) is 14.9. The third kappa shape index (κ3) is 2.43. The lowest BCUT2D eigenvalue weighted by Gasteiger charge is -2.42. The molecule has 0 unspecified atom stereocenters. The fourth-order valence-electron chi connectivity index (χ4n) is 2.17. The molecule has 1 fully saturated rings. The first-order chi connectivity index (χ1) is 8.65. The molecule has 110 valence electrons. The maximum atomic E-state index is 13.9. The van der Waals surface area contributed by atoms with Crippen LogP contribution in [-0.2, 0) is 9.59 Å². The lowest BCUT2D eigenvalue weighted by Crippen LogP contribution is -2.66. The van der Waals surface area contributed by atoms with Gasteiger partial charge in [-0.15, -0.1) is 0 Å². The molecule has 0 aromatic carbocycles. The highest BCUT2D eigenvalue weighted by molar-refractivity contribution is 5.93. The monoisotopic (exact) mass is 278 g/mol. The van der Waals surface area contributed by atoms with Crippen molar-refractivity contribution in [3.05, 3.63) is 0 Å². The van der Waals surface area contributed by atoms with E-state index in [2.05, 4.69) is 0 Å². The minimum atomic E-state index is -3.92. The van der Waals surface area contributed by atoms with Gasteiger partial charge in [-0.25, -0.2) is 0 Å². The van der Waals surface area contributed by atoms with Crippen molar-refractivity contribution in [2.45, 2.75) is 63.0 Å². The Kier molecular flexibility index (Phi) is 4.19. The fraction of sp³-hybridized carbons (Fsp3) is 0.833. The van der Waals surface area contributed by atoms with Gasteiger partial charge in [-0.05, 0) is 32.1 Å². The highest BCUT2D eigenvalue weighted by Crippen LogP contribution is 2.44. The summed E-state index contributed by atoms with van der Waals surface area (Å²) in [4.78, 5) is 23.1. The molecule has 0 aliphatic heterocycles. The summed E-state index contributed by atoms with van der Waals surface area (Å²) in [5.41, 5.74) is 1.38. The zero-order valence-corrected chi connectivity index (χ0v) is 11.1. The summed E-state index contributed by atoms with van der Waals surface area (Å²) < 4.78 is 27.8. The minimum absolute atomic E-state index is 0.110. The Labute approximate surface area is 110 Å². The van der Waals surface area contributed by atoms with Gasteiger partial charge in [0.2, 0.25) is 5.91 Å². The van der Waals surface area contributed by atoms with Crippen LogP contribution in [0.4, 0.5) is 8.78 Å². The molecule has 0 atom stereocenters. The molecule has 0 radical (unpaired) electrons. The lowest BCUT2D eigenvalue weighted by atomic mass is 9.74. The number of nitrogens with two attached hydrogens (primary N) is 1. The number of primary amides is 1. The summed E-state index contributed by atoms with van der Waals surface area (Å²) in [5, 5.41) is 11.7.